The second-order valence-electron chi connectivity index (χ2n) is 2.78. The van der Waals surface area contributed by atoms with Crippen molar-refractivity contribution in [2.24, 2.45) is 0 Å². The number of nitrogens with zero attached hydrogens (tertiary/aromatic N) is 1. The van der Waals surface area contributed by atoms with Crippen LogP contribution in [0.15, 0.2) is 29.2 Å². The zero-order chi connectivity index (χ0) is 11.5. The van der Waals surface area contributed by atoms with Crippen molar-refractivity contribution >= 4 is 9.84 Å². The molecule has 0 saturated heterocycles. The van der Waals surface area contributed by atoms with Crippen LogP contribution in [-0.2, 0) is 16.3 Å². The minimum atomic E-state index is -4.52. The molecule has 0 saturated carbocycles. The van der Waals surface area contributed by atoms with Crippen LogP contribution >= 0.6 is 0 Å². The Bertz CT molecular complexity index is 474. The highest BCUT2D eigenvalue weighted by Gasteiger charge is 2.26. The van der Waals surface area contributed by atoms with E-state index >= 15 is 0 Å². The number of halogens is 2. The summed E-state index contributed by atoms with van der Waals surface area (Å²) in [5, 5.41) is 8.35. The van der Waals surface area contributed by atoms with Gasteiger partial charge in [0.05, 0.1) is 17.4 Å². The molecule has 1 aromatic carbocycles. The molecule has 15 heavy (non-hydrogen) atoms. The second-order valence-corrected chi connectivity index (χ2v) is 4.70. The molecule has 80 valence electrons. The number of hydrogen-bond acceptors (Lipinski definition) is 3. The Morgan fingerprint density at radius 2 is 1.80 bits per heavy atom. The normalized spacial score (nSPS) is 11.3. The molecule has 6 heteroatoms. The lowest BCUT2D eigenvalue weighted by Gasteiger charge is -2.02. The molecule has 0 fully saturated rings. The standard InChI is InChI=1S/C9H7F2NO2S/c10-9(11)15(13,14)8-3-1-7(2-4-8)5-6-12/h1-4,9H,5H2. The van der Waals surface area contributed by atoms with Gasteiger partial charge in [0.25, 0.3) is 0 Å². The number of nitriles is 1. The predicted octanol–water partition coefficient (Wildman–Crippen LogP) is 1.75. The van der Waals surface area contributed by atoms with E-state index in [1.807, 2.05) is 6.07 Å². The highest BCUT2D eigenvalue weighted by atomic mass is 32.2. The number of hydrogen-bond donors (Lipinski definition) is 0. The van der Waals surface area contributed by atoms with E-state index in [0.29, 0.717) is 5.56 Å². The summed E-state index contributed by atoms with van der Waals surface area (Å²) in [6.07, 6.45) is 0.120. The highest BCUT2D eigenvalue weighted by molar-refractivity contribution is 7.91. The largest absolute Gasteiger partial charge is 0.341 e. The van der Waals surface area contributed by atoms with E-state index in [1.165, 1.54) is 12.1 Å². The monoisotopic (exact) mass is 231 g/mol. The van der Waals surface area contributed by atoms with Crippen LogP contribution in [0.1, 0.15) is 5.56 Å². The summed E-state index contributed by atoms with van der Waals surface area (Å²) in [5.74, 6) is -3.42. The van der Waals surface area contributed by atoms with E-state index in [4.69, 9.17) is 5.26 Å². The van der Waals surface area contributed by atoms with Crippen LogP contribution in [-0.4, -0.2) is 14.2 Å². The van der Waals surface area contributed by atoms with Gasteiger partial charge in [-0.1, -0.05) is 12.1 Å². The van der Waals surface area contributed by atoms with Crippen molar-refractivity contribution in [3.05, 3.63) is 29.8 Å². The number of benzene rings is 1. The number of alkyl halides is 2. The van der Waals surface area contributed by atoms with Crippen molar-refractivity contribution in [2.75, 3.05) is 0 Å². The molecular weight excluding hydrogens is 224 g/mol. The van der Waals surface area contributed by atoms with Crippen molar-refractivity contribution in [1.82, 2.24) is 0 Å². The molecule has 0 aromatic heterocycles. The van der Waals surface area contributed by atoms with E-state index in [2.05, 4.69) is 0 Å². The molecule has 0 aliphatic heterocycles. The quantitative estimate of drug-likeness (QED) is 0.796. The van der Waals surface area contributed by atoms with Crippen LogP contribution in [0.3, 0.4) is 0 Å². The summed E-state index contributed by atoms with van der Waals surface area (Å²) >= 11 is 0. The van der Waals surface area contributed by atoms with Crippen molar-refractivity contribution in [3.63, 3.8) is 0 Å². The van der Waals surface area contributed by atoms with Crippen LogP contribution in [0.4, 0.5) is 8.78 Å². The third-order valence-corrected chi connectivity index (χ3v) is 3.17. The Morgan fingerprint density at radius 3 is 2.20 bits per heavy atom. The SMILES string of the molecule is N#CCc1ccc(S(=O)(=O)C(F)F)cc1. The maximum Gasteiger partial charge on any atom is 0.341 e. The maximum atomic E-state index is 12.1. The van der Waals surface area contributed by atoms with Gasteiger partial charge in [-0.15, -0.1) is 0 Å². The second kappa shape index (κ2) is 4.36. The highest BCUT2D eigenvalue weighted by Crippen LogP contribution is 2.18. The maximum absolute atomic E-state index is 12.1. The van der Waals surface area contributed by atoms with E-state index in [-0.39, 0.29) is 6.42 Å². The number of sulfone groups is 1. The van der Waals surface area contributed by atoms with Gasteiger partial charge in [0, 0.05) is 0 Å². The van der Waals surface area contributed by atoms with E-state index in [9.17, 15) is 17.2 Å². The van der Waals surface area contributed by atoms with Gasteiger partial charge < -0.3 is 0 Å². The summed E-state index contributed by atoms with van der Waals surface area (Å²) < 4.78 is 46.2. The molecule has 0 amide bonds. The van der Waals surface area contributed by atoms with Gasteiger partial charge in [-0.3, -0.25) is 0 Å². The van der Waals surface area contributed by atoms with E-state index < -0.39 is 20.5 Å². The average molecular weight is 231 g/mol. The van der Waals surface area contributed by atoms with E-state index in [0.717, 1.165) is 12.1 Å². The Morgan fingerprint density at radius 1 is 1.27 bits per heavy atom. The van der Waals surface area contributed by atoms with Crippen LogP contribution in [0.25, 0.3) is 0 Å². The van der Waals surface area contributed by atoms with Crippen LogP contribution in [0.2, 0.25) is 0 Å². The van der Waals surface area contributed by atoms with Crippen molar-refractivity contribution in [2.45, 2.75) is 17.1 Å². The van der Waals surface area contributed by atoms with Crippen molar-refractivity contribution < 1.29 is 17.2 Å². The molecule has 0 aliphatic rings. The number of rotatable bonds is 3. The van der Waals surface area contributed by atoms with Gasteiger partial charge in [-0.2, -0.15) is 14.0 Å². The fourth-order valence-corrected chi connectivity index (χ4v) is 1.71. The minimum Gasteiger partial charge on any atom is -0.218 e. The Hall–Kier alpha value is -1.48. The molecule has 0 spiro atoms. The van der Waals surface area contributed by atoms with Gasteiger partial charge in [-0.25, -0.2) is 8.42 Å². The molecule has 0 aliphatic carbocycles. The lowest BCUT2D eigenvalue weighted by molar-refractivity contribution is 0.234. The Labute approximate surface area is 85.9 Å². The molecule has 1 aromatic rings. The zero-order valence-electron chi connectivity index (χ0n) is 7.52. The lowest BCUT2D eigenvalue weighted by Crippen LogP contribution is -2.11. The topological polar surface area (TPSA) is 57.9 Å². The van der Waals surface area contributed by atoms with Gasteiger partial charge in [0.15, 0.2) is 0 Å². The van der Waals surface area contributed by atoms with Gasteiger partial charge >= 0.3 is 5.76 Å². The molecular formula is C9H7F2NO2S. The zero-order valence-corrected chi connectivity index (χ0v) is 8.34. The first kappa shape index (κ1) is 11.6. The fourth-order valence-electron chi connectivity index (χ4n) is 0.991. The smallest absolute Gasteiger partial charge is 0.218 e. The minimum absolute atomic E-state index is 0.120. The van der Waals surface area contributed by atoms with Gasteiger partial charge in [0.2, 0.25) is 9.84 Å². The fraction of sp³-hybridized carbons (Fsp3) is 0.222. The van der Waals surface area contributed by atoms with Crippen LogP contribution in [0, 0.1) is 11.3 Å². The molecule has 0 N–H and O–H groups in total. The molecule has 1 rings (SSSR count). The summed E-state index contributed by atoms with van der Waals surface area (Å²) in [5.41, 5.74) is 0.589. The van der Waals surface area contributed by atoms with Crippen molar-refractivity contribution in [1.29, 1.82) is 5.26 Å². The van der Waals surface area contributed by atoms with Crippen LogP contribution < -0.4 is 0 Å². The average Bonchev–Trinajstić information content (AvgIpc) is 2.19. The first-order chi connectivity index (χ1) is 6.98. The molecule has 0 bridgehead atoms. The van der Waals surface area contributed by atoms with Crippen molar-refractivity contribution in [3.8, 4) is 6.07 Å². The predicted molar refractivity (Wildman–Crippen MR) is 48.9 cm³/mol. The summed E-state index contributed by atoms with van der Waals surface area (Å²) in [7, 11) is -4.52. The molecule has 0 atom stereocenters. The summed E-state index contributed by atoms with van der Waals surface area (Å²) in [4.78, 5) is -0.431. The summed E-state index contributed by atoms with van der Waals surface area (Å²) in [6.45, 7) is 0. The Kier molecular flexibility index (Phi) is 3.37. The summed E-state index contributed by atoms with van der Waals surface area (Å²) in [6, 6.07) is 6.71. The third-order valence-electron chi connectivity index (χ3n) is 1.77. The molecule has 3 nitrogen and oxygen atoms in total. The first-order valence-corrected chi connectivity index (χ1v) is 5.51. The van der Waals surface area contributed by atoms with Gasteiger partial charge in [-0.05, 0) is 17.7 Å². The molecule has 0 heterocycles. The molecule has 0 radical (unpaired) electrons. The van der Waals surface area contributed by atoms with Crippen LogP contribution in [0.5, 0.6) is 0 Å². The first-order valence-electron chi connectivity index (χ1n) is 3.96. The van der Waals surface area contributed by atoms with E-state index in [1.54, 1.807) is 0 Å². The van der Waals surface area contributed by atoms with Gasteiger partial charge in [0.1, 0.15) is 0 Å². The molecule has 0 unspecified atom stereocenters. The lowest BCUT2D eigenvalue weighted by atomic mass is 10.2. The third kappa shape index (κ3) is 2.50. The Balaban J connectivity index is 3.06.